The Balaban J connectivity index is 1.88. The Bertz CT molecular complexity index is 1050. The van der Waals surface area contributed by atoms with Gasteiger partial charge in [-0.3, -0.25) is 14.4 Å². The number of esters is 1. The second-order valence-electron chi connectivity index (χ2n) is 12.1. The number of hydrogen-bond donors (Lipinski definition) is 2. The molecule has 0 unspecified atom stereocenters. The van der Waals surface area contributed by atoms with Crippen LogP contribution >= 0.6 is 0 Å². The maximum Gasteiger partial charge on any atom is 0.306 e. The zero-order valence-corrected chi connectivity index (χ0v) is 27.1. The molecule has 7 nitrogen and oxygen atoms in total. The first-order valence-electron chi connectivity index (χ1n) is 17.0. The number of rotatable bonds is 25. The van der Waals surface area contributed by atoms with Crippen LogP contribution in [-0.4, -0.2) is 41.3 Å². The Hall–Kier alpha value is -3.19. The molecule has 0 saturated heterocycles. The van der Waals surface area contributed by atoms with Crippen molar-refractivity contribution in [3.8, 4) is 0 Å². The molecule has 0 fully saturated rings. The highest BCUT2D eigenvalue weighted by atomic mass is 16.5. The molecule has 244 valence electrons. The van der Waals surface area contributed by atoms with E-state index in [2.05, 4.69) is 6.92 Å². The van der Waals surface area contributed by atoms with Crippen LogP contribution in [-0.2, 0) is 32.1 Å². The highest BCUT2D eigenvalue weighted by molar-refractivity contribution is 5.83. The SMILES string of the molecule is CCCCCCCCCCCCC[C@@H](CC(N)=O)N(CCc1ccccc1)C(=O)[C@@H](N)CCCC(=O)OCc1ccccc1. The summed E-state index contributed by atoms with van der Waals surface area (Å²) in [6.45, 7) is 2.94. The largest absolute Gasteiger partial charge is 0.461 e. The first kappa shape index (κ1) is 37.0. The number of nitrogens with two attached hydrogens (primary N) is 2. The van der Waals surface area contributed by atoms with Crippen molar-refractivity contribution in [2.24, 2.45) is 11.5 Å². The third kappa shape index (κ3) is 16.6. The van der Waals surface area contributed by atoms with E-state index in [1.807, 2.05) is 60.7 Å². The summed E-state index contributed by atoms with van der Waals surface area (Å²) in [6.07, 6.45) is 16.1. The minimum atomic E-state index is -0.764. The van der Waals surface area contributed by atoms with Crippen LogP contribution in [0.5, 0.6) is 0 Å². The Labute approximate surface area is 266 Å². The summed E-state index contributed by atoms with van der Waals surface area (Å²) in [6, 6.07) is 18.5. The number of carbonyl (C=O) groups is 3. The van der Waals surface area contributed by atoms with Crippen molar-refractivity contribution in [1.82, 2.24) is 4.90 Å². The Morgan fingerprint density at radius 1 is 0.727 bits per heavy atom. The van der Waals surface area contributed by atoms with Gasteiger partial charge in [0.15, 0.2) is 0 Å². The van der Waals surface area contributed by atoms with E-state index in [-0.39, 0.29) is 37.4 Å². The third-order valence-corrected chi connectivity index (χ3v) is 8.24. The smallest absolute Gasteiger partial charge is 0.306 e. The summed E-state index contributed by atoms with van der Waals surface area (Å²) < 4.78 is 5.37. The molecular formula is C37H57N3O4. The summed E-state index contributed by atoms with van der Waals surface area (Å²) in [7, 11) is 0. The summed E-state index contributed by atoms with van der Waals surface area (Å²) >= 11 is 0. The number of benzene rings is 2. The summed E-state index contributed by atoms with van der Waals surface area (Å²) in [5.41, 5.74) is 14.1. The fraction of sp³-hybridized carbons (Fsp3) is 0.595. The molecule has 2 amide bonds. The molecule has 0 saturated carbocycles. The fourth-order valence-corrected chi connectivity index (χ4v) is 5.62. The van der Waals surface area contributed by atoms with Crippen LogP contribution < -0.4 is 11.5 Å². The molecular weight excluding hydrogens is 550 g/mol. The van der Waals surface area contributed by atoms with Crippen LogP contribution in [0.2, 0.25) is 0 Å². The second kappa shape index (κ2) is 23.2. The molecule has 0 radical (unpaired) electrons. The molecule has 2 aromatic carbocycles. The third-order valence-electron chi connectivity index (χ3n) is 8.24. The number of carbonyl (C=O) groups excluding carboxylic acids is 3. The molecule has 0 bridgehead atoms. The highest BCUT2D eigenvalue weighted by Crippen LogP contribution is 2.19. The minimum Gasteiger partial charge on any atom is -0.461 e. The lowest BCUT2D eigenvalue weighted by molar-refractivity contribution is -0.145. The molecule has 0 aromatic heterocycles. The van der Waals surface area contributed by atoms with E-state index in [0.717, 1.165) is 36.8 Å². The van der Waals surface area contributed by atoms with Gasteiger partial charge < -0.3 is 21.1 Å². The molecule has 44 heavy (non-hydrogen) atoms. The maximum atomic E-state index is 13.7. The number of unbranched alkanes of at least 4 members (excludes halogenated alkanes) is 10. The number of amides is 2. The molecule has 2 rings (SSSR count). The van der Waals surface area contributed by atoms with E-state index >= 15 is 0 Å². The Morgan fingerprint density at radius 2 is 1.27 bits per heavy atom. The van der Waals surface area contributed by atoms with Crippen LogP contribution in [0.1, 0.15) is 121 Å². The van der Waals surface area contributed by atoms with E-state index < -0.39 is 11.9 Å². The van der Waals surface area contributed by atoms with Gasteiger partial charge in [0.05, 0.1) is 6.04 Å². The van der Waals surface area contributed by atoms with E-state index in [4.69, 9.17) is 16.2 Å². The van der Waals surface area contributed by atoms with Gasteiger partial charge in [-0.1, -0.05) is 138 Å². The number of primary amides is 1. The van der Waals surface area contributed by atoms with Gasteiger partial charge in [-0.05, 0) is 36.8 Å². The second-order valence-corrected chi connectivity index (χ2v) is 12.1. The molecule has 2 aromatic rings. The summed E-state index contributed by atoms with van der Waals surface area (Å²) in [5, 5.41) is 0. The number of ether oxygens (including phenoxy) is 1. The van der Waals surface area contributed by atoms with Gasteiger partial charge in [-0.25, -0.2) is 0 Å². The van der Waals surface area contributed by atoms with Gasteiger partial charge in [0, 0.05) is 25.4 Å². The van der Waals surface area contributed by atoms with Gasteiger partial charge in [-0.15, -0.1) is 0 Å². The van der Waals surface area contributed by atoms with Crippen LogP contribution in [0.25, 0.3) is 0 Å². The number of hydrogen-bond acceptors (Lipinski definition) is 5. The summed E-state index contributed by atoms with van der Waals surface area (Å²) in [4.78, 5) is 39.9. The van der Waals surface area contributed by atoms with Crippen molar-refractivity contribution in [3.05, 3.63) is 71.8 Å². The van der Waals surface area contributed by atoms with Crippen molar-refractivity contribution in [1.29, 1.82) is 0 Å². The zero-order valence-electron chi connectivity index (χ0n) is 27.1. The van der Waals surface area contributed by atoms with Gasteiger partial charge >= 0.3 is 5.97 Å². The Morgan fingerprint density at radius 3 is 1.84 bits per heavy atom. The van der Waals surface area contributed by atoms with Crippen molar-refractivity contribution >= 4 is 17.8 Å². The van der Waals surface area contributed by atoms with Gasteiger partial charge in [-0.2, -0.15) is 0 Å². The minimum absolute atomic E-state index is 0.122. The molecule has 4 N–H and O–H groups in total. The predicted molar refractivity (Wildman–Crippen MR) is 179 cm³/mol. The lowest BCUT2D eigenvalue weighted by Gasteiger charge is -2.33. The quantitative estimate of drug-likeness (QED) is 0.0912. The van der Waals surface area contributed by atoms with Crippen molar-refractivity contribution in [2.45, 2.75) is 135 Å². The van der Waals surface area contributed by atoms with E-state index in [1.54, 1.807) is 4.90 Å². The van der Waals surface area contributed by atoms with E-state index in [1.165, 1.54) is 51.4 Å². The van der Waals surface area contributed by atoms with Gasteiger partial charge in [0.1, 0.15) is 6.61 Å². The average molecular weight is 608 g/mol. The molecule has 0 aliphatic carbocycles. The molecule has 0 spiro atoms. The monoisotopic (exact) mass is 607 g/mol. The zero-order chi connectivity index (χ0) is 31.8. The van der Waals surface area contributed by atoms with Crippen molar-refractivity contribution < 1.29 is 19.1 Å². The maximum absolute atomic E-state index is 13.7. The van der Waals surface area contributed by atoms with Crippen LogP contribution in [0.15, 0.2) is 60.7 Å². The van der Waals surface area contributed by atoms with Gasteiger partial charge in [0.2, 0.25) is 11.8 Å². The van der Waals surface area contributed by atoms with Crippen LogP contribution in [0.3, 0.4) is 0 Å². The summed E-state index contributed by atoms with van der Waals surface area (Å²) in [5.74, 6) is -0.907. The Kier molecular flexibility index (Phi) is 19.5. The molecule has 0 aliphatic rings. The lowest BCUT2D eigenvalue weighted by Crippen LogP contribution is -2.50. The lowest BCUT2D eigenvalue weighted by atomic mass is 9.99. The van der Waals surface area contributed by atoms with Gasteiger partial charge in [0.25, 0.3) is 0 Å². The van der Waals surface area contributed by atoms with E-state index in [9.17, 15) is 14.4 Å². The molecule has 0 heterocycles. The first-order valence-corrected chi connectivity index (χ1v) is 17.0. The number of nitrogens with zero attached hydrogens (tertiary/aromatic N) is 1. The highest BCUT2D eigenvalue weighted by Gasteiger charge is 2.28. The fourth-order valence-electron chi connectivity index (χ4n) is 5.62. The standard InChI is InChI=1S/C37H57N3O4/c1-2-3-4-5-6-7-8-9-10-11-18-24-33(29-35(39)41)40(28-27-31-20-14-12-15-21-31)37(43)34(38)25-19-26-36(42)44-30-32-22-16-13-17-23-32/h12-17,20-23,33-34H,2-11,18-19,24-30,38H2,1H3,(H2,39,41)/t33-,34-/m0/s1. The normalized spacial score (nSPS) is 12.4. The topological polar surface area (TPSA) is 116 Å². The average Bonchev–Trinajstić information content (AvgIpc) is 3.03. The predicted octanol–water partition coefficient (Wildman–Crippen LogP) is 7.24. The molecule has 7 heteroatoms. The first-order chi connectivity index (χ1) is 21.4. The van der Waals surface area contributed by atoms with Crippen molar-refractivity contribution in [2.75, 3.05) is 6.54 Å². The van der Waals surface area contributed by atoms with Crippen LogP contribution in [0, 0.1) is 0 Å². The van der Waals surface area contributed by atoms with E-state index in [0.29, 0.717) is 25.8 Å². The van der Waals surface area contributed by atoms with Crippen LogP contribution in [0.4, 0.5) is 0 Å². The molecule has 0 aliphatic heterocycles. The van der Waals surface area contributed by atoms with Crippen molar-refractivity contribution in [3.63, 3.8) is 0 Å². The molecule has 2 atom stereocenters.